The van der Waals surface area contributed by atoms with Crippen LogP contribution < -0.4 is 21.2 Å². The molecule has 0 bridgehead atoms. The zero-order chi connectivity index (χ0) is 39.2. The molecule has 2 aliphatic heterocycles. The molecule has 0 spiro atoms. The topological polar surface area (TPSA) is 157 Å². The Morgan fingerprint density at radius 1 is 1.04 bits per heavy atom. The number of piperidine rings is 2. The van der Waals surface area contributed by atoms with Crippen LogP contribution in [0.4, 0.5) is 20.2 Å². The first-order valence-corrected chi connectivity index (χ1v) is 19.5. The van der Waals surface area contributed by atoms with E-state index in [4.69, 9.17) is 0 Å². The van der Waals surface area contributed by atoms with Crippen molar-refractivity contribution in [2.24, 2.45) is 13.0 Å². The van der Waals surface area contributed by atoms with Gasteiger partial charge in [0.2, 0.25) is 11.8 Å². The van der Waals surface area contributed by atoms with Crippen LogP contribution in [0.3, 0.4) is 0 Å². The Morgan fingerprint density at radius 3 is 2.52 bits per heavy atom. The van der Waals surface area contributed by atoms with E-state index in [0.29, 0.717) is 35.6 Å². The third-order valence-electron chi connectivity index (χ3n) is 11.9. The number of aromatic nitrogens is 7. The Bertz CT molecular complexity index is 2330. The van der Waals surface area contributed by atoms with Crippen LogP contribution in [0.25, 0.3) is 16.7 Å². The molecule has 1 unspecified atom stereocenters. The van der Waals surface area contributed by atoms with Gasteiger partial charge in [-0.1, -0.05) is 6.07 Å². The number of fused-ring (bicyclic) bond motifs is 2. The fourth-order valence-corrected chi connectivity index (χ4v) is 9.04. The van der Waals surface area contributed by atoms with Crippen LogP contribution in [0.2, 0.25) is 0 Å². The van der Waals surface area contributed by atoms with E-state index in [9.17, 15) is 28.0 Å². The van der Waals surface area contributed by atoms with Crippen LogP contribution in [-0.4, -0.2) is 87.9 Å². The van der Waals surface area contributed by atoms with E-state index in [1.807, 2.05) is 18.2 Å². The summed E-state index contributed by atoms with van der Waals surface area (Å²) in [4.78, 5) is 60.3. The first-order chi connectivity index (χ1) is 27.0. The molecular weight excluding hydrogens is 724 g/mol. The van der Waals surface area contributed by atoms with Crippen molar-refractivity contribution >= 4 is 45.8 Å². The Balaban J connectivity index is 0.897. The van der Waals surface area contributed by atoms with Crippen molar-refractivity contribution in [1.29, 1.82) is 0 Å². The number of rotatable bonds is 10. The van der Waals surface area contributed by atoms with Gasteiger partial charge in [-0.05, 0) is 82.9 Å². The number of nitrogens with one attached hydrogen (secondary N) is 2. The van der Waals surface area contributed by atoms with Crippen LogP contribution in [0.15, 0.2) is 53.8 Å². The molecule has 1 saturated carbocycles. The number of imidazole rings is 1. The van der Waals surface area contributed by atoms with E-state index < -0.39 is 30.0 Å². The van der Waals surface area contributed by atoms with Crippen molar-refractivity contribution in [3.63, 3.8) is 0 Å². The van der Waals surface area contributed by atoms with E-state index in [0.717, 1.165) is 69.4 Å². The molecule has 8 rings (SSSR count). The highest BCUT2D eigenvalue weighted by molar-refractivity contribution is 6.08. The summed E-state index contributed by atoms with van der Waals surface area (Å²) in [6.45, 7) is 7.05. The molecule has 2 N–H and O–H groups in total. The van der Waals surface area contributed by atoms with Crippen molar-refractivity contribution < 1.29 is 23.2 Å². The van der Waals surface area contributed by atoms with Gasteiger partial charge in [-0.15, -0.1) is 0 Å². The molecule has 4 aromatic heterocycles. The number of imide groups is 1. The quantitative estimate of drug-likeness (QED) is 0.190. The van der Waals surface area contributed by atoms with Crippen molar-refractivity contribution in [3.8, 4) is 0 Å². The molecule has 0 radical (unpaired) electrons. The van der Waals surface area contributed by atoms with Crippen LogP contribution in [0, 0.1) is 5.92 Å². The molecule has 56 heavy (non-hydrogen) atoms. The highest BCUT2D eigenvalue weighted by Crippen LogP contribution is 2.37. The molecule has 5 aromatic rings. The van der Waals surface area contributed by atoms with Crippen LogP contribution in [-0.2, 0) is 16.6 Å². The van der Waals surface area contributed by atoms with Crippen molar-refractivity contribution in [1.82, 2.24) is 43.7 Å². The minimum atomic E-state index is -2.85. The molecule has 2 saturated heterocycles. The lowest BCUT2D eigenvalue weighted by Crippen LogP contribution is -2.49. The number of hydrogen-bond acceptors (Lipinski definition) is 9. The van der Waals surface area contributed by atoms with Gasteiger partial charge < -0.3 is 10.2 Å². The summed E-state index contributed by atoms with van der Waals surface area (Å²) in [5, 5.41) is 13.4. The maximum absolute atomic E-state index is 14.1. The minimum absolute atomic E-state index is 0.00919. The molecule has 3 fully saturated rings. The Labute approximate surface area is 321 Å². The lowest BCUT2D eigenvalue weighted by Gasteiger charge is -2.43. The number of carbonyl (C=O) groups is 3. The first kappa shape index (κ1) is 37.5. The predicted octanol–water partition coefficient (Wildman–Crippen LogP) is 4.86. The maximum Gasteiger partial charge on any atom is 0.329 e. The number of hydrogen-bond donors (Lipinski definition) is 2. The van der Waals surface area contributed by atoms with E-state index in [-0.39, 0.29) is 35.3 Å². The number of carbonyl (C=O) groups excluding carboxylic acids is 3. The number of para-hydroxylation sites is 1. The molecule has 17 heteroatoms. The number of aryl methyl sites for hydroxylation is 1. The van der Waals surface area contributed by atoms with Gasteiger partial charge in [0, 0.05) is 63.8 Å². The zero-order valence-electron chi connectivity index (χ0n) is 31.8. The van der Waals surface area contributed by atoms with Crippen LogP contribution >= 0.6 is 0 Å². The molecule has 296 valence electrons. The largest absolute Gasteiger partial charge is 0.370 e. The Hall–Kier alpha value is -5.45. The third kappa shape index (κ3) is 6.96. The van der Waals surface area contributed by atoms with E-state index in [2.05, 4.69) is 49.5 Å². The summed E-state index contributed by atoms with van der Waals surface area (Å²) in [5.74, 6) is -0.881. The van der Waals surface area contributed by atoms with Crippen molar-refractivity contribution in [2.45, 2.75) is 95.8 Å². The van der Waals surface area contributed by atoms with Crippen LogP contribution in [0.5, 0.6) is 0 Å². The van der Waals surface area contributed by atoms with E-state index in [1.165, 1.54) is 27.7 Å². The normalized spacial score (nSPS) is 21.2. The van der Waals surface area contributed by atoms with Gasteiger partial charge in [0.15, 0.2) is 11.3 Å². The molecule has 15 nitrogen and oxygen atoms in total. The second-order valence-corrected chi connectivity index (χ2v) is 15.6. The molecule has 3 amide bonds. The highest BCUT2D eigenvalue weighted by atomic mass is 19.3. The summed E-state index contributed by atoms with van der Waals surface area (Å²) in [6, 6.07) is 7.46. The molecular formula is C39H47F2N11O4. The van der Waals surface area contributed by atoms with Crippen molar-refractivity contribution in [2.75, 3.05) is 29.9 Å². The summed E-state index contributed by atoms with van der Waals surface area (Å²) in [7, 11) is 1.74. The number of alkyl halides is 2. The maximum atomic E-state index is 14.1. The third-order valence-corrected chi connectivity index (χ3v) is 11.9. The molecule has 6 heterocycles. The molecule has 1 atom stereocenters. The Kier molecular flexibility index (Phi) is 10.2. The standard InChI is InChI=1S/C39H47F2N11O4/c1-23(2)49(25-14-18-48(19-15-25)29-6-4-7-30-34(29)47(3)39(56)52(30)31-12-13-32(53)45-38(31)55)21-24-8-10-26(11-9-24)51-22-28(33(46-51)35(40)41)44-37(54)27-20-43-50-17-5-16-42-36(27)50/h4-7,16-17,20,22-26,31,35H,8-15,18-19,21H2,1-3H3,(H,44,54)(H,45,53,55). The van der Waals surface area contributed by atoms with Gasteiger partial charge in [-0.2, -0.15) is 10.2 Å². The van der Waals surface area contributed by atoms with Gasteiger partial charge in [-0.3, -0.25) is 38.4 Å². The summed E-state index contributed by atoms with van der Waals surface area (Å²) in [6.07, 6.45) is 9.10. The number of halogens is 2. The van der Waals surface area contributed by atoms with Crippen molar-refractivity contribution in [3.05, 3.63) is 70.8 Å². The number of amides is 3. The number of nitrogens with zero attached hydrogens (tertiary/aromatic N) is 9. The average Bonchev–Trinajstić information content (AvgIpc) is 3.89. The highest BCUT2D eigenvalue weighted by Gasteiger charge is 2.35. The fourth-order valence-electron chi connectivity index (χ4n) is 9.04. The van der Waals surface area contributed by atoms with E-state index in [1.54, 1.807) is 28.6 Å². The molecule has 1 aliphatic carbocycles. The predicted molar refractivity (Wildman–Crippen MR) is 205 cm³/mol. The SMILES string of the molecule is CC(C)N(CC1CCC(n2cc(NC(=O)c3cnn4cccnc34)c(C(F)F)n2)CC1)C1CCN(c2cccc3c2n(C)c(=O)n3C2CCC(=O)NC2=O)CC1. The lowest BCUT2D eigenvalue weighted by atomic mass is 9.85. The number of anilines is 2. The monoisotopic (exact) mass is 771 g/mol. The smallest absolute Gasteiger partial charge is 0.329 e. The minimum Gasteiger partial charge on any atom is -0.370 e. The van der Waals surface area contributed by atoms with E-state index >= 15 is 0 Å². The number of benzene rings is 1. The molecule has 3 aliphatic rings. The zero-order valence-corrected chi connectivity index (χ0v) is 31.8. The second kappa shape index (κ2) is 15.2. The summed E-state index contributed by atoms with van der Waals surface area (Å²) in [5.41, 5.74) is 2.22. The van der Waals surface area contributed by atoms with Gasteiger partial charge in [0.05, 0.1) is 34.6 Å². The summed E-state index contributed by atoms with van der Waals surface area (Å²) >= 11 is 0. The fraction of sp³-hybridized carbons (Fsp3) is 0.513. The lowest BCUT2D eigenvalue weighted by molar-refractivity contribution is -0.135. The molecule has 1 aromatic carbocycles. The van der Waals surface area contributed by atoms with Gasteiger partial charge in [-0.25, -0.2) is 23.1 Å². The first-order valence-electron chi connectivity index (χ1n) is 19.5. The second-order valence-electron chi connectivity index (χ2n) is 15.6. The average molecular weight is 772 g/mol. The Morgan fingerprint density at radius 2 is 1.80 bits per heavy atom. The van der Waals surface area contributed by atoms with Crippen LogP contribution in [0.1, 0.15) is 99.8 Å². The van der Waals surface area contributed by atoms with Gasteiger partial charge in [0.1, 0.15) is 11.6 Å². The van der Waals surface area contributed by atoms with Gasteiger partial charge >= 0.3 is 5.69 Å². The van der Waals surface area contributed by atoms with Gasteiger partial charge in [0.25, 0.3) is 12.3 Å². The summed E-state index contributed by atoms with van der Waals surface area (Å²) < 4.78 is 34.5.